The molecule has 1 aromatic rings. The van der Waals surface area contributed by atoms with Gasteiger partial charge in [-0.25, -0.2) is 13.1 Å². The molecule has 2 heterocycles. The van der Waals surface area contributed by atoms with E-state index in [1.54, 1.807) is 6.07 Å². The van der Waals surface area contributed by atoms with Crippen LogP contribution in [0.3, 0.4) is 0 Å². The summed E-state index contributed by atoms with van der Waals surface area (Å²) in [4.78, 5) is 0.0984. The number of hydrogen-bond acceptors (Lipinski definition) is 6. The van der Waals surface area contributed by atoms with Gasteiger partial charge in [0.1, 0.15) is 13.2 Å². The van der Waals surface area contributed by atoms with Crippen molar-refractivity contribution in [2.75, 3.05) is 32.8 Å². The highest BCUT2D eigenvalue weighted by Crippen LogP contribution is 2.32. The van der Waals surface area contributed by atoms with Crippen LogP contribution in [0, 0.1) is 0 Å². The van der Waals surface area contributed by atoms with E-state index < -0.39 is 15.6 Å². The second kappa shape index (κ2) is 5.45. The molecule has 2 aliphatic rings. The van der Waals surface area contributed by atoms with E-state index in [9.17, 15) is 13.5 Å². The molecule has 1 saturated heterocycles. The van der Waals surface area contributed by atoms with Crippen LogP contribution in [-0.2, 0) is 10.0 Å². The van der Waals surface area contributed by atoms with E-state index in [0.717, 1.165) is 0 Å². The Kier molecular flexibility index (Phi) is 3.78. The number of hydrogen-bond donors (Lipinski definition) is 3. The van der Waals surface area contributed by atoms with Gasteiger partial charge < -0.3 is 19.9 Å². The highest BCUT2D eigenvalue weighted by molar-refractivity contribution is 7.89. The van der Waals surface area contributed by atoms with Gasteiger partial charge in [-0.05, 0) is 25.1 Å². The Morgan fingerprint density at radius 1 is 1.29 bits per heavy atom. The van der Waals surface area contributed by atoms with Gasteiger partial charge >= 0.3 is 0 Å². The summed E-state index contributed by atoms with van der Waals surface area (Å²) in [7, 11) is -3.69. The van der Waals surface area contributed by atoms with Crippen molar-refractivity contribution in [3.8, 4) is 11.5 Å². The van der Waals surface area contributed by atoms with Crippen LogP contribution in [0.4, 0.5) is 0 Å². The van der Waals surface area contributed by atoms with Crippen molar-refractivity contribution in [1.29, 1.82) is 0 Å². The van der Waals surface area contributed by atoms with Crippen molar-refractivity contribution in [2.45, 2.75) is 16.9 Å². The first-order valence-corrected chi connectivity index (χ1v) is 8.29. The van der Waals surface area contributed by atoms with Crippen LogP contribution in [0.5, 0.6) is 11.5 Å². The van der Waals surface area contributed by atoms with Gasteiger partial charge in [-0.15, -0.1) is 0 Å². The van der Waals surface area contributed by atoms with Gasteiger partial charge in [-0.2, -0.15) is 0 Å². The van der Waals surface area contributed by atoms with Gasteiger partial charge in [-0.3, -0.25) is 0 Å². The Morgan fingerprint density at radius 2 is 2.05 bits per heavy atom. The molecule has 0 radical (unpaired) electrons. The van der Waals surface area contributed by atoms with E-state index >= 15 is 0 Å². The summed E-state index contributed by atoms with van der Waals surface area (Å²) in [6, 6.07) is 4.48. The highest BCUT2D eigenvalue weighted by atomic mass is 32.2. The van der Waals surface area contributed by atoms with E-state index in [0.29, 0.717) is 44.2 Å². The number of rotatable bonds is 4. The largest absolute Gasteiger partial charge is 0.486 e. The van der Waals surface area contributed by atoms with Gasteiger partial charge in [0.25, 0.3) is 0 Å². The Hall–Kier alpha value is -1.35. The number of sulfonamides is 1. The fourth-order valence-corrected chi connectivity index (χ4v) is 3.52. The van der Waals surface area contributed by atoms with Crippen molar-refractivity contribution >= 4 is 10.0 Å². The quantitative estimate of drug-likeness (QED) is 0.691. The van der Waals surface area contributed by atoms with E-state index in [1.165, 1.54) is 12.1 Å². The zero-order valence-corrected chi connectivity index (χ0v) is 12.3. The maximum absolute atomic E-state index is 12.3. The minimum absolute atomic E-state index is 0.0171. The number of ether oxygens (including phenoxy) is 2. The molecule has 0 aliphatic carbocycles. The van der Waals surface area contributed by atoms with E-state index in [2.05, 4.69) is 10.0 Å². The van der Waals surface area contributed by atoms with Crippen LogP contribution in [0.1, 0.15) is 6.42 Å². The molecule has 3 rings (SSSR count). The zero-order chi connectivity index (χ0) is 14.9. The standard InChI is InChI=1S/C13H18N2O5S/c16-13(3-4-14-8-13)9-15-21(17,18)10-1-2-11-12(7-10)20-6-5-19-11/h1-2,7,14-16H,3-6,8-9H2. The van der Waals surface area contributed by atoms with Crippen LogP contribution in [0.25, 0.3) is 0 Å². The summed E-state index contributed by atoms with van der Waals surface area (Å²) in [6.07, 6.45) is 0.524. The van der Waals surface area contributed by atoms with Crippen LogP contribution in [-0.4, -0.2) is 52.0 Å². The zero-order valence-electron chi connectivity index (χ0n) is 11.5. The van der Waals surface area contributed by atoms with Crippen molar-refractivity contribution in [3.05, 3.63) is 18.2 Å². The number of aliphatic hydroxyl groups is 1. The third kappa shape index (κ3) is 3.13. The molecule has 2 aliphatic heterocycles. The lowest BCUT2D eigenvalue weighted by molar-refractivity contribution is 0.0667. The first kappa shape index (κ1) is 14.6. The second-order valence-corrected chi connectivity index (χ2v) is 7.05. The Labute approximate surface area is 123 Å². The third-order valence-corrected chi connectivity index (χ3v) is 5.04. The van der Waals surface area contributed by atoms with E-state index in [-0.39, 0.29) is 11.4 Å². The molecule has 21 heavy (non-hydrogen) atoms. The molecule has 0 bridgehead atoms. The Bertz CT molecular complexity index is 625. The summed E-state index contributed by atoms with van der Waals surface area (Å²) in [5, 5.41) is 13.2. The molecular formula is C13H18N2O5S. The molecule has 0 spiro atoms. The summed E-state index contributed by atoms with van der Waals surface area (Å²) < 4.78 is 37.7. The Balaban J connectivity index is 1.75. The fourth-order valence-electron chi connectivity index (χ4n) is 2.38. The lowest BCUT2D eigenvalue weighted by Gasteiger charge is -2.22. The number of nitrogens with one attached hydrogen (secondary N) is 2. The van der Waals surface area contributed by atoms with Crippen LogP contribution in [0.15, 0.2) is 23.1 Å². The van der Waals surface area contributed by atoms with Gasteiger partial charge in [-0.1, -0.05) is 0 Å². The predicted octanol–water partition coefficient (Wildman–Crippen LogP) is -0.540. The minimum atomic E-state index is -3.69. The first-order chi connectivity index (χ1) is 9.99. The van der Waals surface area contributed by atoms with Crippen molar-refractivity contribution in [3.63, 3.8) is 0 Å². The molecule has 1 fully saturated rings. The molecule has 1 unspecified atom stereocenters. The van der Waals surface area contributed by atoms with E-state index in [4.69, 9.17) is 9.47 Å². The first-order valence-electron chi connectivity index (χ1n) is 6.81. The molecule has 1 aromatic carbocycles. The maximum atomic E-state index is 12.3. The van der Waals surface area contributed by atoms with Crippen LogP contribution in [0.2, 0.25) is 0 Å². The average molecular weight is 314 g/mol. The maximum Gasteiger partial charge on any atom is 0.240 e. The van der Waals surface area contributed by atoms with Crippen molar-refractivity contribution in [1.82, 2.24) is 10.0 Å². The van der Waals surface area contributed by atoms with Crippen LogP contribution >= 0.6 is 0 Å². The smallest absolute Gasteiger partial charge is 0.240 e. The molecule has 0 aromatic heterocycles. The van der Waals surface area contributed by atoms with Crippen molar-refractivity contribution < 1.29 is 23.0 Å². The summed E-state index contributed by atoms with van der Waals surface area (Å²) in [5.74, 6) is 0.962. The SMILES string of the molecule is O=S(=O)(NCC1(O)CCNC1)c1ccc2c(c1)OCCO2. The van der Waals surface area contributed by atoms with Gasteiger partial charge in [0.15, 0.2) is 11.5 Å². The number of β-amino-alcohol motifs (C(OH)–C–C–N with tert-alkyl or cyclic N) is 1. The molecule has 0 saturated carbocycles. The molecule has 8 heteroatoms. The predicted molar refractivity (Wildman–Crippen MR) is 75.1 cm³/mol. The second-order valence-electron chi connectivity index (χ2n) is 5.28. The normalized spacial score (nSPS) is 25.0. The summed E-state index contributed by atoms with van der Waals surface area (Å²) in [5.41, 5.74) is -1.03. The lowest BCUT2D eigenvalue weighted by atomic mass is 10.1. The van der Waals surface area contributed by atoms with Crippen molar-refractivity contribution in [2.24, 2.45) is 0 Å². The lowest BCUT2D eigenvalue weighted by Crippen LogP contribution is -2.44. The average Bonchev–Trinajstić information content (AvgIpc) is 2.92. The Morgan fingerprint density at radius 3 is 2.76 bits per heavy atom. The summed E-state index contributed by atoms with van der Waals surface area (Å²) in [6.45, 7) is 1.91. The summed E-state index contributed by atoms with van der Waals surface area (Å²) >= 11 is 0. The monoisotopic (exact) mass is 314 g/mol. The molecular weight excluding hydrogens is 296 g/mol. The molecule has 116 valence electrons. The van der Waals surface area contributed by atoms with Gasteiger partial charge in [0.05, 0.1) is 10.5 Å². The van der Waals surface area contributed by atoms with Gasteiger partial charge in [0.2, 0.25) is 10.0 Å². The number of fused-ring (bicyclic) bond motifs is 1. The molecule has 3 N–H and O–H groups in total. The number of benzene rings is 1. The van der Waals surface area contributed by atoms with Gasteiger partial charge in [0, 0.05) is 19.2 Å². The molecule has 0 amide bonds. The topological polar surface area (TPSA) is 96.9 Å². The fraction of sp³-hybridized carbons (Fsp3) is 0.538. The van der Waals surface area contributed by atoms with Crippen LogP contribution < -0.4 is 19.5 Å². The van der Waals surface area contributed by atoms with E-state index in [1.807, 2.05) is 0 Å². The third-order valence-electron chi connectivity index (χ3n) is 3.64. The molecule has 1 atom stereocenters. The highest BCUT2D eigenvalue weighted by Gasteiger charge is 2.32. The minimum Gasteiger partial charge on any atom is -0.486 e. The molecule has 7 nitrogen and oxygen atoms in total.